The molecular formula is C20H20F3NO4S. The van der Waals surface area contributed by atoms with E-state index in [-0.39, 0.29) is 22.4 Å². The van der Waals surface area contributed by atoms with E-state index in [1.807, 2.05) is 0 Å². The number of aromatic nitrogens is 1. The van der Waals surface area contributed by atoms with Crippen LogP contribution in [0.2, 0.25) is 0 Å². The molecule has 5 nitrogen and oxygen atoms in total. The van der Waals surface area contributed by atoms with Gasteiger partial charge in [-0.25, -0.2) is 8.42 Å². The molecular weight excluding hydrogens is 407 g/mol. The molecule has 1 fully saturated rings. The lowest BCUT2D eigenvalue weighted by Gasteiger charge is -2.12. The second kappa shape index (κ2) is 8.16. The van der Waals surface area contributed by atoms with Crippen LogP contribution < -0.4 is 5.56 Å². The Morgan fingerprint density at radius 3 is 2.31 bits per heavy atom. The molecule has 0 atom stereocenters. The van der Waals surface area contributed by atoms with Crippen LogP contribution in [0.25, 0.3) is 5.57 Å². The van der Waals surface area contributed by atoms with Gasteiger partial charge in [-0.2, -0.15) is 13.2 Å². The van der Waals surface area contributed by atoms with E-state index in [0.717, 1.165) is 6.07 Å². The molecule has 0 radical (unpaired) electrons. The third kappa shape index (κ3) is 4.79. The molecule has 2 N–H and O–H groups in total. The van der Waals surface area contributed by atoms with Crippen LogP contribution in [0.15, 0.2) is 52.2 Å². The molecule has 0 saturated heterocycles. The summed E-state index contributed by atoms with van der Waals surface area (Å²) < 4.78 is 63.3. The number of halogens is 3. The first-order valence-corrected chi connectivity index (χ1v) is 10.7. The number of nitrogens with one attached hydrogen (secondary N) is 1. The largest absolute Gasteiger partial charge is 0.421 e. The summed E-state index contributed by atoms with van der Waals surface area (Å²) in [7, 11) is -3.36. The van der Waals surface area contributed by atoms with Crippen molar-refractivity contribution >= 4 is 15.4 Å². The number of hydrogen-bond donors (Lipinski definition) is 2. The summed E-state index contributed by atoms with van der Waals surface area (Å²) in [5.74, 6) is 0. The van der Waals surface area contributed by atoms with Crippen LogP contribution in [-0.4, -0.2) is 30.4 Å². The van der Waals surface area contributed by atoms with E-state index in [4.69, 9.17) is 5.11 Å². The second-order valence-corrected chi connectivity index (χ2v) is 9.09. The van der Waals surface area contributed by atoms with Gasteiger partial charge < -0.3 is 10.1 Å². The third-order valence-corrected chi connectivity index (χ3v) is 6.95. The molecule has 0 spiro atoms. The van der Waals surface area contributed by atoms with E-state index in [2.05, 4.69) is 4.98 Å². The number of aliphatic hydroxyl groups excluding tert-OH is 1. The number of H-pyrrole nitrogens is 1. The number of allylic oxidation sites excluding steroid dienone is 1. The smallest absolute Gasteiger partial charge is 0.396 e. The first kappa shape index (κ1) is 21.3. The molecule has 0 amide bonds. The molecule has 2 aromatic rings. The van der Waals surface area contributed by atoms with Crippen molar-refractivity contribution in [2.75, 3.05) is 6.61 Å². The van der Waals surface area contributed by atoms with Gasteiger partial charge in [-0.3, -0.25) is 4.79 Å². The van der Waals surface area contributed by atoms with E-state index in [0.29, 0.717) is 36.8 Å². The minimum Gasteiger partial charge on any atom is -0.396 e. The van der Waals surface area contributed by atoms with Crippen LogP contribution in [0.4, 0.5) is 13.2 Å². The molecule has 3 rings (SSSR count). The number of rotatable bonds is 7. The highest BCUT2D eigenvalue weighted by Crippen LogP contribution is 2.34. The van der Waals surface area contributed by atoms with Crippen molar-refractivity contribution in [1.29, 1.82) is 0 Å². The van der Waals surface area contributed by atoms with Gasteiger partial charge in [-0.15, -0.1) is 0 Å². The van der Waals surface area contributed by atoms with Crippen LogP contribution >= 0.6 is 0 Å². The standard InChI is InChI=1S/C20H20F3NO4S/c21-20(22,23)17-10-11-18(24-19(17)26)16(3-1-2-12-25)13-4-6-14(7-5-13)29(27,28)15-8-9-15/h3-7,10-11,15,25H,1-2,8-9,12H2,(H,24,26). The maximum atomic E-state index is 12.9. The zero-order chi connectivity index (χ0) is 21.2. The van der Waals surface area contributed by atoms with Crippen LogP contribution in [0.5, 0.6) is 0 Å². The summed E-state index contributed by atoms with van der Waals surface area (Å²) in [5.41, 5.74) is -1.36. The van der Waals surface area contributed by atoms with Gasteiger partial charge in [0.25, 0.3) is 5.56 Å². The van der Waals surface area contributed by atoms with Crippen molar-refractivity contribution in [2.45, 2.75) is 42.0 Å². The minimum absolute atomic E-state index is 0.0636. The summed E-state index contributed by atoms with van der Waals surface area (Å²) >= 11 is 0. The molecule has 1 heterocycles. The number of unbranched alkanes of at least 4 members (excludes halogenated alkanes) is 1. The number of alkyl halides is 3. The zero-order valence-electron chi connectivity index (χ0n) is 15.4. The normalized spacial score (nSPS) is 15.5. The highest BCUT2D eigenvalue weighted by atomic mass is 32.2. The Balaban J connectivity index is 1.99. The number of aromatic amines is 1. The van der Waals surface area contributed by atoms with Crippen molar-refractivity contribution in [1.82, 2.24) is 4.98 Å². The van der Waals surface area contributed by atoms with E-state index >= 15 is 0 Å². The summed E-state index contributed by atoms with van der Waals surface area (Å²) in [5, 5.41) is 8.65. The molecule has 0 aliphatic heterocycles. The second-order valence-electron chi connectivity index (χ2n) is 6.86. The van der Waals surface area contributed by atoms with Crippen molar-refractivity contribution < 1.29 is 26.7 Å². The maximum Gasteiger partial charge on any atom is 0.421 e. The SMILES string of the molecule is O=c1[nH]c(C(=CCCCO)c2ccc(S(=O)(=O)C3CC3)cc2)ccc1C(F)(F)F. The van der Waals surface area contributed by atoms with E-state index in [1.165, 1.54) is 18.2 Å². The predicted molar refractivity (Wildman–Crippen MR) is 102 cm³/mol. The van der Waals surface area contributed by atoms with Gasteiger partial charge in [0.1, 0.15) is 5.56 Å². The molecule has 29 heavy (non-hydrogen) atoms. The highest BCUT2D eigenvalue weighted by molar-refractivity contribution is 7.92. The summed E-state index contributed by atoms with van der Waals surface area (Å²) in [6.07, 6.45) is -0.920. The van der Waals surface area contributed by atoms with Gasteiger partial charge >= 0.3 is 6.18 Å². The van der Waals surface area contributed by atoms with Gasteiger partial charge in [0.2, 0.25) is 0 Å². The number of hydrogen-bond acceptors (Lipinski definition) is 4. The van der Waals surface area contributed by atoms with Gasteiger partial charge in [0.05, 0.1) is 10.1 Å². The van der Waals surface area contributed by atoms with Crippen LogP contribution in [0.1, 0.15) is 42.5 Å². The fourth-order valence-corrected chi connectivity index (χ4v) is 4.63. The molecule has 1 aromatic carbocycles. The summed E-state index contributed by atoms with van der Waals surface area (Å²) in [6, 6.07) is 7.95. The monoisotopic (exact) mass is 427 g/mol. The van der Waals surface area contributed by atoms with Crippen LogP contribution in [-0.2, 0) is 16.0 Å². The van der Waals surface area contributed by atoms with Gasteiger partial charge in [-0.1, -0.05) is 18.2 Å². The lowest BCUT2D eigenvalue weighted by molar-refractivity contribution is -0.138. The summed E-state index contributed by atoms with van der Waals surface area (Å²) in [4.78, 5) is 14.3. The highest BCUT2D eigenvalue weighted by Gasteiger charge is 2.37. The lowest BCUT2D eigenvalue weighted by Crippen LogP contribution is -2.22. The average Bonchev–Trinajstić information content (AvgIpc) is 3.50. The van der Waals surface area contributed by atoms with Gasteiger partial charge in [0.15, 0.2) is 9.84 Å². The Labute approximate surface area is 165 Å². The number of pyridine rings is 1. The predicted octanol–water partition coefficient (Wildman–Crippen LogP) is 3.53. The molecule has 9 heteroatoms. The van der Waals surface area contributed by atoms with E-state index < -0.39 is 27.1 Å². The van der Waals surface area contributed by atoms with Gasteiger partial charge in [-0.05, 0) is 55.5 Å². The van der Waals surface area contributed by atoms with E-state index in [1.54, 1.807) is 18.2 Å². The number of benzene rings is 1. The molecule has 156 valence electrons. The Morgan fingerprint density at radius 1 is 1.14 bits per heavy atom. The van der Waals surface area contributed by atoms with Crippen LogP contribution in [0, 0.1) is 0 Å². The van der Waals surface area contributed by atoms with Crippen molar-refractivity contribution in [3.8, 4) is 0 Å². The lowest BCUT2D eigenvalue weighted by atomic mass is 10.00. The van der Waals surface area contributed by atoms with Gasteiger partial charge in [0, 0.05) is 17.9 Å². The minimum atomic E-state index is -4.76. The van der Waals surface area contributed by atoms with Crippen LogP contribution in [0.3, 0.4) is 0 Å². The quantitative estimate of drug-likeness (QED) is 0.662. The number of aliphatic hydroxyl groups is 1. The first-order chi connectivity index (χ1) is 13.6. The third-order valence-electron chi connectivity index (χ3n) is 4.67. The first-order valence-electron chi connectivity index (χ1n) is 9.11. The van der Waals surface area contributed by atoms with Crippen molar-refractivity contribution in [3.05, 3.63) is 69.6 Å². The Hall–Kier alpha value is -2.39. The fourth-order valence-electron chi connectivity index (χ4n) is 2.97. The topological polar surface area (TPSA) is 87.2 Å². The molecule has 0 unspecified atom stereocenters. The average molecular weight is 427 g/mol. The Kier molecular flexibility index (Phi) is 6.00. The van der Waals surface area contributed by atoms with E-state index in [9.17, 15) is 26.4 Å². The maximum absolute atomic E-state index is 12.9. The Bertz CT molecular complexity index is 1070. The molecule has 1 aliphatic carbocycles. The number of sulfone groups is 1. The van der Waals surface area contributed by atoms with Crippen molar-refractivity contribution in [3.63, 3.8) is 0 Å². The Morgan fingerprint density at radius 2 is 1.79 bits per heavy atom. The fraction of sp³-hybridized carbons (Fsp3) is 0.350. The van der Waals surface area contributed by atoms with Crippen molar-refractivity contribution in [2.24, 2.45) is 0 Å². The molecule has 1 saturated carbocycles. The zero-order valence-corrected chi connectivity index (χ0v) is 16.2. The summed E-state index contributed by atoms with van der Waals surface area (Å²) in [6.45, 7) is -0.0636. The molecule has 1 aromatic heterocycles. The molecule has 1 aliphatic rings. The molecule has 0 bridgehead atoms.